The second-order valence-corrected chi connectivity index (χ2v) is 9.52. The number of amides is 2. The Kier molecular flexibility index (Phi) is 7.39. The SMILES string of the molecule is O=C(NCC(F)(F)F)c1cc(NC(=O)[C@@H]2[C@@H](c3cc(Cl)cc(C(F)F)c3)C2(Cl)Cl)ccc1Cl. The molecule has 0 aromatic heterocycles. The molecule has 1 saturated carbocycles. The van der Waals surface area contributed by atoms with Crippen LogP contribution in [0.15, 0.2) is 36.4 Å². The minimum absolute atomic E-state index is 0.0187. The molecular weight excluding hydrogens is 537 g/mol. The fraction of sp³-hybridized carbons (Fsp3) is 0.300. The highest BCUT2D eigenvalue weighted by Crippen LogP contribution is 2.65. The fourth-order valence-electron chi connectivity index (χ4n) is 3.28. The molecule has 178 valence electrons. The molecule has 0 aliphatic heterocycles. The monoisotopic (exact) mass is 548 g/mol. The van der Waals surface area contributed by atoms with Crippen LogP contribution in [0.5, 0.6) is 0 Å². The third-order valence-corrected chi connectivity index (χ3v) is 6.31. The van der Waals surface area contributed by atoms with Crippen LogP contribution >= 0.6 is 46.4 Å². The zero-order chi connectivity index (χ0) is 24.7. The van der Waals surface area contributed by atoms with Gasteiger partial charge in [0.1, 0.15) is 10.9 Å². The summed E-state index contributed by atoms with van der Waals surface area (Å²) in [5.74, 6) is -3.70. The number of rotatable bonds is 6. The van der Waals surface area contributed by atoms with Gasteiger partial charge in [-0.1, -0.05) is 23.2 Å². The highest BCUT2D eigenvalue weighted by Gasteiger charge is 2.67. The minimum atomic E-state index is -4.62. The van der Waals surface area contributed by atoms with E-state index in [1.165, 1.54) is 18.2 Å². The summed E-state index contributed by atoms with van der Waals surface area (Å²) >= 11 is 24.2. The Morgan fingerprint density at radius 2 is 1.73 bits per heavy atom. The van der Waals surface area contributed by atoms with Gasteiger partial charge in [-0.2, -0.15) is 13.2 Å². The molecule has 0 radical (unpaired) electrons. The lowest BCUT2D eigenvalue weighted by Gasteiger charge is -2.11. The molecule has 4 nitrogen and oxygen atoms in total. The summed E-state index contributed by atoms with van der Waals surface area (Å²) in [5, 5.41) is 4.02. The number of hydrogen-bond acceptors (Lipinski definition) is 2. The first-order chi connectivity index (χ1) is 15.2. The Morgan fingerprint density at radius 1 is 1.06 bits per heavy atom. The molecule has 1 aliphatic rings. The molecule has 13 heteroatoms. The summed E-state index contributed by atoms with van der Waals surface area (Å²) in [4.78, 5) is 24.8. The molecule has 0 bridgehead atoms. The molecule has 0 unspecified atom stereocenters. The predicted molar refractivity (Wildman–Crippen MR) is 116 cm³/mol. The Balaban J connectivity index is 1.77. The number of carbonyl (C=O) groups excluding carboxylic acids is 2. The summed E-state index contributed by atoms with van der Waals surface area (Å²) in [7, 11) is 0. The van der Waals surface area contributed by atoms with E-state index in [0.29, 0.717) is 0 Å². The molecule has 1 fully saturated rings. The molecule has 0 saturated heterocycles. The largest absolute Gasteiger partial charge is 0.405 e. The minimum Gasteiger partial charge on any atom is -0.343 e. The average molecular weight is 550 g/mol. The zero-order valence-electron chi connectivity index (χ0n) is 16.1. The number of carbonyl (C=O) groups is 2. The predicted octanol–water partition coefficient (Wildman–Crippen LogP) is 6.75. The van der Waals surface area contributed by atoms with Crippen LogP contribution < -0.4 is 10.6 Å². The van der Waals surface area contributed by atoms with Gasteiger partial charge < -0.3 is 10.6 Å². The third kappa shape index (κ3) is 6.01. The first-order valence-electron chi connectivity index (χ1n) is 9.12. The van der Waals surface area contributed by atoms with Crippen molar-refractivity contribution in [3.05, 3.63) is 63.1 Å². The number of hydrogen-bond donors (Lipinski definition) is 2. The molecule has 1 aliphatic carbocycles. The summed E-state index contributed by atoms with van der Waals surface area (Å²) in [5.41, 5.74) is -0.382. The van der Waals surface area contributed by atoms with E-state index in [4.69, 9.17) is 46.4 Å². The molecule has 0 spiro atoms. The number of nitrogens with one attached hydrogen (secondary N) is 2. The van der Waals surface area contributed by atoms with Gasteiger partial charge >= 0.3 is 6.18 Å². The van der Waals surface area contributed by atoms with Crippen molar-refractivity contribution in [3.63, 3.8) is 0 Å². The first-order valence-corrected chi connectivity index (χ1v) is 10.6. The lowest BCUT2D eigenvalue weighted by molar-refractivity contribution is -0.123. The maximum atomic E-state index is 13.1. The van der Waals surface area contributed by atoms with Crippen molar-refractivity contribution in [1.82, 2.24) is 5.32 Å². The van der Waals surface area contributed by atoms with Gasteiger partial charge in [-0.3, -0.25) is 9.59 Å². The van der Waals surface area contributed by atoms with E-state index in [1.807, 2.05) is 0 Å². The van der Waals surface area contributed by atoms with Crippen LogP contribution in [0, 0.1) is 5.92 Å². The van der Waals surface area contributed by atoms with E-state index in [2.05, 4.69) is 5.32 Å². The highest BCUT2D eigenvalue weighted by atomic mass is 35.5. The Bertz CT molecular complexity index is 1090. The summed E-state index contributed by atoms with van der Waals surface area (Å²) in [6.45, 7) is -1.57. The smallest absolute Gasteiger partial charge is 0.343 e. The van der Waals surface area contributed by atoms with Crippen molar-refractivity contribution in [3.8, 4) is 0 Å². The quantitative estimate of drug-likeness (QED) is 0.309. The maximum Gasteiger partial charge on any atom is 0.405 e. The van der Waals surface area contributed by atoms with Gasteiger partial charge in [0.25, 0.3) is 12.3 Å². The number of halogens is 9. The average Bonchev–Trinajstić information content (AvgIpc) is 3.28. The van der Waals surface area contributed by atoms with Crippen LogP contribution in [0.4, 0.5) is 27.6 Å². The molecule has 2 aromatic carbocycles. The van der Waals surface area contributed by atoms with E-state index in [1.54, 1.807) is 5.32 Å². The van der Waals surface area contributed by atoms with Gasteiger partial charge in [-0.05, 0) is 42.0 Å². The van der Waals surface area contributed by atoms with Gasteiger partial charge in [0.2, 0.25) is 5.91 Å². The molecule has 2 atom stereocenters. The highest BCUT2D eigenvalue weighted by molar-refractivity contribution is 6.53. The Hall–Kier alpha value is -1.81. The molecule has 3 rings (SSSR count). The van der Waals surface area contributed by atoms with Gasteiger partial charge in [0.15, 0.2) is 0 Å². The zero-order valence-corrected chi connectivity index (χ0v) is 19.1. The van der Waals surface area contributed by atoms with Crippen molar-refractivity contribution in [2.45, 2.75) is 22.9 Å². The van der Waals surface area contributed by atoms with E-state index in [9.17, 15) is 31.5 Å². The number of alkyl halides is 7. The van der Waals surface area contributed by atoms with Crippen molar-refractivity contribution in [2.24, 2.45) is 5.92 Å². The second-order valence-electron chi connectivity index (χ2n) is 7.23. The normalized spacial score (nSPS) is 19.3. The third-order valence-electron chi connectivity index (χ3n) is 4.82. The van der Waals surface area contributed by atoms with Crippen LogP contribution in [-0.4, -0.2) is 28.9 Å². The van der Waals surface area contributed by atoms with Crippen molar-refractivity contribution < 1.29 is 31.5 Å². The van der Waals surface area contributed by atoms with Gasteiger partial charge in [-0.25, -0.2) is 8.78 Å². The topological polar surface area (TPSA) is 58.2 Å². The molecular formula is C20H13Cl4F5N2O2. The molecule has 0 heterocycles. The molecule has 33 heavy (non-hydrogen) atoms. The van der Waals surface area contributed by atoms with Gasteiger partial charge in [-0.15, -0.1) is 23.2 Å². The fourth-order valence-corrected chi connectivity index (χ4v) is 4.57. The van der Waals surface area contributed by atoms with E-state index >= 15 is 0 Å². The van der Waals surface area contributed by atoms with E-state index < -0.39 is 47.1 Å². The number of anilines is 1. The van der Waals surface area contributed by atoms with Crippen LogP contribution in [0.2, 0.25) is 10.0 Å². The van der Waals surface area contributed by atoms with E-state index in [0.717, 1.165) is 18.2 Å². The second kappa shape index (κ2) is 9.44. The summed E-state index contributed by atoms with van der Waals surface area (Å²) in [6, 6.07) is 7.22. The lowest BCUT2D eigenvalue weighted by atomic mass is 10.1. The Labute approximate surface area is 204 Å². The van der Waals surface area contributed by atoms with Crippen LogP contribution in [0.25, 0.3) is 0 Å². The molecule has 2 N–H and O–H groups in total. The standard InChI is InChI=1S/C20H13Cl4F5N2O2/c21-10-4-8(3-9(5-10)16(25)26)14-15(20(14,23)24)18(33)31-11-1-2-13(22)12(6-11)17(32)30-7-19(27,28)29/h1-6,14-16H,7H2,(H,30,32)(H,31,33)/t14-,15+/m1/s1. The lowest BCUT2D eigenvalue weighted by Crippen LogP contribution is -2.33. The molecule has 2 amide bonds. The summed E-state index contributed by atoms with van der Waals surface area (Å²) < 4.78 is 61.6. The Morgan fingerprint density at radius 3 is 2.33 bits per heavy atom. The summed E-state index contributed by atoms with van der Waals surface area (Å²) in [6.07, 6.45) is -7.42. The van der Waals surface area contributed by atoms with E-state index in [-0.39, 0.29) is 32.4 Å². The van der Waals surface area contributed by atoms with Crippen molar-refractivity contribution in [2.75, 3.05) is 11.9 Å². The maximum absolute atomic E-state index is 13.1. The van der Waals surface area contributed by atoms with Crippen molar-refractivity contribution >= 4 is 63.9 Å². The van der Waals surface area contributed by atoms with Crippen LogP contribution in [0.3, 0.4) is 0 Å². The van der Waals surface area contributed by atoms with Crippen LogP contribution in [-0.2, 0) is 4.79 Å². The van der Waals surface area contributed by atoms with Gasteiger partial charge in [0.05, 0.1) is 16.5 Å². The first kappa shape index (κ1) is 25.8. The van der Waals surface area contributed by atoms with Crippen LogP contribution in [0.1, 0.15) is 33.8 Å². The van der Waals surface area contributed by atoms with Gasteiger partial charge in [0, 0.05) is 22.2 Å². The van der Waals surface area contributed by atoms with Crippen molar-refractivity contribution in [1.29, 1.82) is 0 Å². The number of benzene rings is 2. The molecule has 2 aromatic rings.